The molecule has 0 fully saturated rings. The third kappa shape index (κ3) is 7.74. The van der Waals surface area contributed by atoms with E-state index in [1.54, 1.807) is 0 Å². The molecule has 0 bridgehead atoms. The van der Waals surface area contributed by atoms with Crippen LogP contribution < -0.4 is 5.32 Å². The molecule has 0 aliphatic carbocycles. The number of carbonyl (C=O) groups excluding carboxylic acids is 1. The molecule has 3 aromatic carbocycles. The van der Waals surface area contributed by atoms with Crippen LogP contribution in [0.1, 0.15) is 68.2 Å². The highest BCUT2D eigenvalue weighted by Crippen LogP contribution is 2.35. The molecule has 0 saturated carbocycles. The van der Waals surface area contributed by atoms with Crippen molar-refractivity contribution >= 4 is 28.4 Å². The highest BCUT2D eigenvalue weighted by molar-refractivity contribution is 6.30. The summed E-state index contributed by atoms with van der Waals surface area (Å²) in [5.41, 5.74) is 5.96. The van der Waals surface area contributed by atoms with Gasteiger partial charge in [0.1, 0.15) is 0 Å². The number of aromatic nitrogens is 1. The summed E-state index contributed by atoms with van der Waals surface area (Å²) in [6.45, 7) is 12.6. The number of fused-ring (bicyclic) bond motifs is 1. The average Bonchev–Trinajstić information content (AvgIpc) is 3.29. The van der Waals surface area contributed by atoms with E-state index in [0.717, 1.165) is 44.6 Å². The second-order valence-corrected chi connectivity index (χ2v) is 11.1. The number of benzene rings is 3. The Kier molecular flexibility index (Phi) is 10.2. The lowest BCUT2D eigenvalue weighted by molar-refractivity contribution is -0.121. The van der Waals surface area contributed by atoms with Crippen LogP contribution in [0.15, 0.2) is 79.0 Å². The number of hydrogen-bond donors (Lipinski definition) is 1. The second-order valence-electron chi connectivity index (χ2n) is 10.7. The Hall–Kier alpha value is -3.08. The second kappa shape index (κ2) is 13.8. The molecule has 5 heteroatoms. The third-order valence-corrected chi connectivity index (χ3v) is 8.00. The molecule has 206 valence electrons. The molecule has 1 amide bonds. The van der Waals surface area contributed by atoms with Crippen LogP contribution in [-0.2, 0) is 11.3 Å². The number of nitrogens with zero attached hydrogens (tertiary/aromatic N) is 2. The van der Waals surface area contributed by atoms with Crippen LogP contribution in [0.5, 0.6) is 0 Å². The van der Waals surface area contributed by atoms with E-state index >= 15 is 0 Å². The van der Waals surface area contributed by atoms with Crippen molar-refractivity contribution in [3.8, 4) is 0 Å². The van der Waals surface area contributed by atoms with Gasteiger partial charge in [0.25, 0.3) is 0 Å². The van der Waals surface area contributed by atoms with E-state index in [1.165, 1.54) is 27.6 Å². The zero-order chi connectivity index (χ0) is 27.8. The number of halogens is 1. The zero-order valence-corrected chi connectivity index (χ0v) is 24.5. The summed E-state index contributed by atoms with van der Waals surface area (Å²) < 4.78 is 2.31. The number of carbonyl (C=O) groups is 1. The molecule has 4 rings (SSSR count). The van der Waals surface area contributed by atoms with E-state index in [0.29, 0.717) is 11.4 Å². The predicted octanol–water partition coefficient (Wildman–Crippen LogP) is 7.80. The Morgan fingerprint density at radius 1 is 0.974 bits per heavy atom. The van der Waals surface area contributed by atoms with Gasteiger partial charge in [0, 0.05) is 47.0 Å². The number of rotatable bonds is 13. The molecule has 0 saturated heterocycles. The van der Waals surface area contributed by atoms with Crippen molar-refractivity contribution in [3.63, 3.8) is 0 Å². The smallest absolute Gasteiger partial charge is 0.221 e. The van der Waals surface area contributed by atoms with Crippen LogP contribution in [0.4, 0.5) is 0 Å². The van der Waals surface area contributed by atoms with Crippen molar-refractivity contribution < 1.29 is 4.79 Å². The van der Waals surface area contributed by atoms with Gasteiger partial charge in [0.2, 0.25) is 5.91 Å². The largest absolute Gasteiger partial charge is 0.354 e. The SMILES string of the molecule is CCN(CC)CCCC(C)NC(=O)CC(c1ccc(Cl)cc1)c1cn(Cc2ccc(C)cc2)c2ccccc12. The van der Waals surface area contributed by atoms with Crippen molar-refractivity contribution in [3.05, 3.63) is 106 Å². The molecular formula is C34H42ClN3O. The topological polar surface area (TPSA) is 37.3 Å². The monoisotopic (exact) mass is 543 g/mol. The first-order chi connectivity index (χ1) is 18.9. The minimum absolute atomic E-state index is 0.0747. The molecule has 0 aliphatic heterocycles. The first kappa shape index (κ1) is 28.9. The minimum atomic E-state index is -0.0747. The Labute approximate surface area is 239 Å². The van der Waals surface area contributed by atoms with Gasteiger partial charge in [0.15, 0.2) is 0 Å². The lowest BCUT2D eigenvalue weighted by Crippen LogP contribution is -2.34. The highest BCUT2D eigenvalue weighted by atomic mass is 35.5. The lowest BCUT2D eigenvalue weighted by atomic mass is 9.88. The Bertz CT molecular complexity index is 1340. The number of para-hydroxylation sites is 1. The van der Waals surface area contributed by atoms with Gasteiger partial charge in [-0.15, -0.1) is 0 Å². The molecule has 4 nitrogen and oxygen atoms in total. The first-order valence-electron chi connectivity index (χ1n) is 14.3. The van der Waals surface area contributed by atoms with Crippen LogP contribution in [0.25, 0.3) is 10.9 Å². The van der Waals surface area contributed by atoms with Crippen LogP contribution in [0.3, 0.4) is 0 Å². The van der Waals surface area contributed by atoms with Gasteiger partial charge in [-0.1, -0.05) is 85.6 Å². The summed E-state index contributed by atoms with van der Waals surface area (Å²) in [5.74, 6) is 0.00923. The van der Waals surface area contributed by atoms with Gasteiger partial charge < -0.3 is 14.8 Å². The summed E-state index contributed by atoms with van der Waals surface area (Å²) in [5, 5.41) is 5.17. The van der Waals surface area contributed by atoms with Gasteiger partial charge in [-0.25, -0.2) is 0 Å². The fourth-order valence-corrected chi connectivity index (χ4v) is 5.55. The standard InChI is InChI=1S/C34H42ClN3O/c1-5-37(6-2)21-9-10-26(4)36-34(39)22-31(28-17-19-29(35)20-18-28)32-24-38(33-12-8-7-11-30(32)33)23-27-15-13-25(3)14-16-27/h7-8,11-20,24,26,31H,5-6,9-10,21-23H2,1-4H3,(H,36,39). The Morgan fingerprint density at radius 3 is 2.36 bits per heavy atom. The van der Waals surface area contributed by atoms with Gasteiger partial charge in [0.05, 0.1) is 0 Å². The van der Waals surface area contributed by atoms with E-state index < -0.39 is 0 Å². The van der Waals surface area contributed by atoms with Crippen LogP contribution in [0.2, 0.25) is 5.02 Å². The summed E-state index contributed by atoms with van der Waals surface area (Å²) in [6, 6.07) is 25.3. The van der Waals surface area contributed by atoms with Crippen molar-refractivity contribution in [2.45, 2.75) is 65.5 Å². The Balaban J connectivity index is 1.58. The van der Waals surface area contributed by atoms with Crippen molar-refractivity contribution in [2.75, 3.05) is 19.6 Å². The maximum absolute atomic E-state index is 13.4. The molecule has 0 aliphatic rings. The fraction of sp³-hybridized carbons (Fsp3) is 0.382. The number of hydrogen-bond acceptors (Lipinski definition) is 2. The summed E-state index contributed by atoms with van der Waals surface area (Å²) in [7, 11) is 0. The molecule has 1 heterocycles. The summed E-state index contributed by atoms with van der Waals surface area (Å²) in [4.78, 5) is 15.8. The van der Waals surface area contributed by atoms with E-state index in [1.807, 2.05) is 12.1 Å². The van der Waals surface area contributed by atoms with Crippen molar-refractivity contribution in [1.29, 1.82) is 0 Å². The molecule has 1 N–H and O–H groups in total. The van der Waals surface area contributed by atoms with E-state index in [9.17, 15) is 4.79 Å². The molecule has 0 radical (unpaired) electrons. The van der Waals surface area contributed by atoms with Gasteiger partial charge in [-0.2, -0.15) is 0 Å². The fourth-order valence-electron chi connectivity index (χ4n) is 5.43. The molecule has 2 unspecified atom stereocenters. The maximum Gasteiger partial charge on any atom is 0.221 e. The molecule has 1 aromatic heterocycles. The highest BCUT2D eigenvalue weighted by Gasteiger charge is 2.23. The van der Waals surface area contributed by atoms with Crippen molar-refractivity contribution in [2.24, 2.45) is 0 Å². The Morgan fingerprint density at radius 2 is 1.67 bits per heavy atom. The summed E-state index contributed by atoms with van der Waals surface area (Å²) in [6.07, 6.45) is 4.69. The summed E-state index contributed by atoms with van der Waals surface area (Å²) >= 11 is 6.24. The van der Waals surface area contributed by atoms with Gasteiger partial charge >= 0.3 is 0 Å². The van der Waals surface area contributed by atoms with Crippen LogP contribution >= 0.6 is 11.6 Å². The normalized spacial score (nSPS) is 13.1. The zero-order valence-electron chi connectivity index (χ0n) is 23.8. The van der Waals surface area contributed by atoms with E-state index in [-0.39, 0.29) is 17.9 Å². The maximum atomic E-state index is 13.4. The average molecular weight is 544 g/mol. The molecule has 0 spiro atoms. The number of aryl methyl sites for hydroxylation is 1. The molecular weight excluding hydrogens is 502 g/mol. The quantitative estimate of drug-likeness (QED) is 0.187. The molecule has 39 heavy (non-hydrogen) atoms. The minimum Gasteiger partial charge on any atom is -0.354 e. The van der Waals surface area contributed by atoms with Gasteiger partial charge in [-0.05, 0) is 81.2 Å². The predicted molar refractivity (Wildman–Crippen MR) is 165 cm³/mol. The van der Waals surface area contributed by atoms with E-state index in [2.05, 4.69) is 109 Å². The van der Waals surface area contributed by atoms with Crippen LogP contribution in [-0.4, -0.2) is 41.1 Å². The first-order valence-corrected chi connectivity index (χ1v) is 14.7. The third-order valence-electron chi connectivity index (χ3n) is 7.74. The van der Waals surface area contributed by atoms with Crippen LogP contribution in [0, 0.1) is 6.92 Å². The lowest BCUT2D eigenvalue weighted by Gasteiger charge is -2.21. The van der Waals surface area contributed by atoms with Gasteiger partial charge in [-0.3, -0.25) is 4.79 Å². The van der Waals surface area contributed by atoms with Crippen molar-refractivity contribution in [1.82, 2.24) is 14.8 Å². The van der Waals surface area contributed by atoms with E-state index in [4.69, 9.17) is 11.6 Å². The molecule has 4 aromatic rings. The number of amides is 1. The molecule has 2 atom stereocenters. The number of nitrogens with one attached hydrogen (secondary N) is 1.